The molecular formula is C14H14ClF2N3. The number of aromatic nitrogens is 2. The van der Waals surface area contributed by atoms with Gasteiger partial charge in [-0.1, -0.05) is 18.5 Å². The Hall–Kier alpha value is -1.75. The highest BCUT2D eigenvalue weighted by Crippen LogP contribution is 2.24. The van der Waals surface area contributed by atoms with Gasteiger partial charge in [0.15, 0.2) is 17.5 Å². The van der Waals surface area contributed by atoms with Crippen molar-refractivity contribution in [1.82, 2.24) is 9.97 Å². The zero-order chi connectivity index (χ0) is 14.7. The largest absolute Gasteiger partial charge is 0.368 e. The fourth-order valence-electron chi connectivity index (χ4n) is 1.68. The maximum atomic E-state index is 13.9. The molecule has 0 spiro atoms. The molecule has 3 nitrogen and oxygen atoms in total. The minimum atomic E-state index is -0.558. The van der Waals surface area contributed by atoms with Crippen LogP contribution in [-0.2, 0) is 0 Å². The molecule has 0 radical (unpaired) electrons. The number of nitrogens with zero attached hydrogens (tertiary/aromatic N) is 2. The van der Waals surface area contributed by atoms with Crippen molar-refractivity contribution in [2.45, 2.75) is 20.3 Å². The highest BCUT2D eigenvalue weighted by molar-refractivity contribution is 6.30. The molecule has 0 amide bonds. The van der Waals surface area contributed by atoms with Gasteiger partial charge in [-0.05, 0) is 31.5 Å². The lowest BCUT2D eigenvalue weighted by molar-refractivity contribution is 0.605. The van der Waals surface area contributed by atoms with E-state index < -0.39 is 11.6 Å². The second kappa shape index (κ2) is 6.13. The van der Waals surface area contributed by atoms with Crippen LogP contribution in [0.15, 0.2) is 18.2 Å². The Morgan fingerprint density at radius 2 is 2.00 bits per heavy atom. The number of rotatable bonds is 4. The van der Waals surface area contributed by atoms with Crippen molar-refractivity contribution in [3.05, 3.63) is 40.6 Å². The SMILES string of the molecule is CCCNc1nc(-c2ccc(Cl)c(F)c2)nc(C)c1F. The Labute approximate surface area is 121 Å². The maximum Gasteiger partial charge on any atom is 0.186 e. The van der Waals surface area contributed by atoms with E-state index in [1.165, 1.54) is 12.1 Å². The molecule has 0 aliphatic carbocycles. The van der Waals surface area contributed by atoms with Gasteiger partial charge in [-0.15, -0.1) is 0 Å². The predicted octanol–water partition coefficient (Wildman–Crippen LogP) is 4.21. The van der Waals surface area contributed by atoms with Crippen LogP contribution in [0.4, 0.5) is 14.6 Å². The van der Waals surface area contributed by atoms with Crippen molar-refractivity contribution in [2.24, 2.45) is 0 Å². The van der Waals surface area contributed by atoms with Crippen LogP contribution in [0.1, 0.15) is 19.0 Å². The summed E-state index contributed by atoms with van der Waals surface area (Å²) in [5.74, 6) is -0.655. The molecular weight excluding hydrogens is 284 g/mol. The van der Waals surface area contributed by atoms with Crippen molar-refractivity contribution in [3.8, 4) is 11.4 Å². The number of hydrogen-bond donors (Lipinski definition) is 1. The average molecular weight is 298 g/mol. The molecule has 0 unspecified atom stereocenters. The van der Waals surface area contributed by atoms with E-state index in [2.05, 4.69) is 15.3 Å². The summed E-state index contributed by atoms with van der Waals surface area (Å²) in [4.78, 5) is 8.15. The highest BCUT2D eigenvalue weighted by atomic mass is 35.5. The fraction of sp³-hybridized carbons (Fsp3) is 0.286. The van der Waals surface area contributed by atoms with Crippen molar-refractivity contribution in [3.63, 3.8) is 0 Å². The van der Waals surface area contributed by atoms with Gasteiger partial charge in [0.05, 0.1) is 10.7 Å². The van der Waals surface area contributed by atoms with Crippen molar-refractivity contribution in [1.29, 1.82) is 0 Å². The smallest absolute Gasteiger partial charge is 0.186 e. The maximum absolute atomic E-state index is 13.9. The average Bonchev–Trinajstić information content (AvgIpc) is 2.43. The third-order valence-corrected chi connectivity index (χ3v) is 3.04. The topological polar surface area (TPSA) is 37.8 Å². The normalized spacial score (nSPS) is 10.7. The van der Waals surface area contributed by atoms with Gasteiger partial charge in [0.2, 0.25) is 0 Å². The minimum absolute atomic E-state index is 0.0249. The molecule has 106 valence electrons. The first-order valence-electron chi connectivity index (χ1n) is 6.26. The Kier molecular flexibility index (Phi) is 4.49. The van der Waals surface area contributed by atoms with E-state index in [1.54, 1.807) is 13.0 Å². The summed E-state index contributed by atoms with van der Waals surface area (Å²) in [5, 5.41) is 2.92. The van der Waals surface area contributed by atoms with Crippen molar-refractivity contribution >= 4 is 17.4 Å². The molecule has 0 aliphatic heterocycles. The Morgan fingerprint density at radius 3 is 2.65 bits per heavy atom. The van der Waals surface area contributed by atoms with E-state index >= 15 is 0 Å². The van der Waals surface area contributed by atoms with Gasteiger partial charge in [0.1, 0.15) is 5.82 Å². The van der Waals surface area contributed by atoms with Crippen molar-refractivity contribution < 1.29 is 8.78 Å². The zero-order valence-corrected chi connectivity index (χ0v) is 11.9. The van der Waals surface area contributed by atoms with Gasteiger partial charge in [0, 0.05) is 12.1 Å². The van der Waals surface area contributed by atoms with Crippen LogP contribution in [0.25, 0.3) is 11.4 Å². The third kappa shape index (κ3) is 3.04. The Bertz CT molecular complexity index is 632. The number of hydrogen-bond acceptors (Lipinski definition) is 3. The van der Waals surface area contributed by atoms with Gasteiger partial charge in [-0.2, -0.15) is 0 Å². The van der Waals surface area contributed by atoms with E-state index in [4.69, 9.17) is 11.6 Å². The number of nitrogens with one attached hydrogen (secondary N) is 1. The number of aryl methyl sites for hydroxylation is 1. The first-order chi connectivity index (χ1) is 9.52. The molecule has 0 saturated heterocycles. The van der Waals surface area contributed by atoms with E-state index in [0.717, 1.165) is 6.42 Å². The summed E-state index contributed by atoms with van der Waals surface area (Å²) < 4.78 is 27.4. The molecule has 1 heterocycles. The van der Waals surface area contributed by atoms with Gasteiger partial charge in [0.25, 0.3) is 0 Å². The number of anilines is 1. The first kappa shape index (κ1) is 14.7. The molecule has 20 heavy (non-hydrogen) atoms. The van der Waals surface area contributed by atoms with Crippen LogP contribution < -0.4 is 5.32 Å². The van der Waals surface area contributed by atoms with Crippen LogP contribution >= 0.6 is 11.6 Å². The first-order valence-corrected chi connectivity index (χ1v) is 6.64. The van der Waals surface area contributed by atoms with Crippen LogP contribution in [0.3, 0.4) is 0 Å². The van der Waals surface area contributed by atoms with E-state index in [1.807, 2.05) is 6.92 Å². The standard InChI is InChI=1S/C14H14ClF2N3/c1-3-6-18-14-12(17)8(2)19-13(20-14)9-4-5-10(15)11(16)7-9/h4-5,7H,3,6H2,1-2H3,(H,18,19,20). The molecule has 0 atom stereocenters. The molecule has 0 fully saturated rings. The van der Waals surface area contributed by atoms with Crippen LogP contribution in [-0.4, -0.2) is 16.5 Å². The van der Waals surface area contributed by atoms with E-state index in [0.29, 0.717) is 12.1 Å². The summed E-state index contributed by atoms with van der Waals surface area (Å²) in [7, 11) is 0. The number of benzene rings is 1. The monoisotopic (exact) mass is 297 g/mol. The summed E-state index contributed by atoms with van der Waals surface area (Å²) in [6.07, 6.45) is 0.841. The van der Waals surface area contributed by atoms with Gasteiger partial charge in [-0.3, -0.25) is 0 Å². The van der Waals surface area contributed by atoms with E-state index in [-0.39, 0.29) is 22.4 Å². The summed E-state index contributed by atoms with van der Waals surface area (Å²) in [6.45, 7) is 4.11. The molecule has 1 aromatic heterocycles. The second-order valence-corrected chi connectivity index (χ2v) is 4.76. The molecule has 2 rings (SSSR count). The highest BCUT2D eigenvalue weighted by Gasteiger charge is 2.13. The van der Waals surface area contributed by atoms with Gasteiger partial charge in [-0.25, -0.2) is 18.7 Å². The molecule has 1 aromatic carbocycles. The van der Waals surface area contributed by atoms with Crippen LogP contribution in [0.2, 0.25) is 5.02 Å². The Morgan fingerprint density at radius 1 is 1.25 bits per heavy atom. The quantitative estimate of drug-likeness (QED) is 0.919. The lowest BCUT2D eigenvalue weighted by Crippen LogP contribution is -2.08. The van der Waals surface area contributed by atoms with Gasteiger partial charge >= 0.3 is 0 Å². The zero-order valence-electron chi connectivity index (χ0n) is 11.2. The van der Waals surface area contributed by atoms with Crippen LogP contribution in [0.5, 0.6) is 0 Å². The third-order valence-electron chi connectivity index (χ3n) is 2.74. The Balaban J connectivity index is 2.45. The van der Waals surface area contributed by atoms with Gasteiger partial charge < -0.3 is 5.32 Å². The van der Waals surface area contributed by atoms with Crippen molar-refractivity contribution in [2.75, 3.05) is 11.9 Å². The summed E-state index contributed by atoms with van der Waals surface area (Å²) >= 11 is 5.64. The summed E-state index contributed by atoms with van der Waals surface area (Å²) in [6, 6.07) is 4.26. The fourth-order valence-corrected chi connectivity index (χ4v) is 1.80. The van der Waals surface area contributed by atoms with E-state index in [9.17, 15) is 8.78 Å². The molecule has 0 saturated carbocycles. The lowest BCUT2D eigenvalue weighted by Gasteiger charge is -2.09. The molecule has 2 aromatic rings. The lowest BCUT2D eigenvalue weighted by atomic mass is 10.2. The molecule has 0 aliphatic rings. The predicted molar refractivity (Wildman–Crippen MR) is 75.9 cm³/mol. The minimum Gasteiger partial charge on any atom is -0.368 e. The molecule has 0 bridgehead atoms. The van der Waals surface area contributed by atoms with Crippen LogP contribution in [0, 0.1) is 18.6 Å². The summed E-state index contributed by atoms with van der Waals surface area (Å²) in [5.41, 5.74) is 0.665. The molecule has 6 heteroatoms. The number of halogens is 3. The second-order valence-electron chi connectivity index (χ2n) is 4.35. The molecule has 1 N–H and O–H groups in total.